The Hall–Kier alpha value is -3.86. The molecule has 0 atom stereocenters. The lowest BCUT2D eigenvalue weighted by Crippen LogP contribution is -2.28. The molecule has 162 valence electrons. The number of amides is 1. The fourth-order valence-corrected chi connectivity index (χ4v) is 3.66. The summed E-state index contributed by atoms with van der Waals surface area (Å²) in [6.45, 7) is 5.13. The first-order valence-corrected chi connectivity index (χ1v) is 10.7. The number of hydrogen-bond donors (Lipinski definition) is 1. The fourth-order valence-electron chi connectivity index (χ4n) is 3.66. The van der Waals surface area contributed by atoms with Crippen molar-refractivity contribution < 1.29 is 9.53 Å². The van der Waals surface area contributed by atoms with Crippen LogP contribution in [0.2, 0.25) is 0 Å². The quantitative estimate of drug-likeness (QED) is 0.436. The first-order chi connectivity index (χ1) is 15.6. The molecule has 0 aliphatic heterocycles. The van der Waals surface area contributed by atoms with E-state index in [4.69, 9.17) is 4.74 Å². The summed E-state index contributed by atoms with van der Waals surface area (Å²) in [5.41, 5.74) is 6.48. The number of hydrogen-bond acceptors (Lipinski definition) is 3. The van der Waals surface area contributed by atoms with Gasteiger partial charge in [-0.2, -0.15) is 5.10 Å². The summed E-state index contributed by atoms with van der Waals surface area (Å²) < 4.78 is 7.64. The molecule has 1 heterocycles. The van der Waals surface area contributed by atoms with E-state index in [1.807, 2.05) is 79.2 Å². The van der Waals surface area contributed by atoms with Crippen molar-refractivity contribution in [3.8, 4) is 16.9 Å². The molecule has 0 bridgehead atoms. The van der Waals surface area contributed by atoms with Gasteiger partial charge in [-0.1, -0.05) is 72.8 Å². The molecular formula is C27H27N3O2. The normalized spacial score (nSPS) is 10.7. The predicted molar refractivity (Wildman–Crippen MR) is 126 cm³/mol. The summed E-state index contributed by atoms with van der Waals surface area (Å²) in [5, 5.41) is 7.59. The number of benzene rings is 3. The second kappa shape index (κ2) is 9.96. The topological polar surface area (TPSA) is 56.2 Å². The molecule has 0 aliphatic rings. The molecule has 0 radical (unpaired) electrons. The molecule has 0 saturated carbocycles. The fraction of sp³-hybridized carbons (Fsp3) is 0.185. The monoisotopic (exact) mass is 425 g/mol. The average Bonchev–Trinajstić information content (AvgIpc) is 3.10. The number of nitrogens with one attached hydrogen (secondary N) is 1. The van der Waals surface area contributed by atoms with Gasteiger partial charge in [0.1, 0.15) is 5.75 Å². The van der Waals surface area contributed by atoms with Gasteiger partial charge in [0.15, 0.2) is 6.61 Å². The van der Waals surface area contributed by atoms with E-state index >= 15 is 0 Å². The second-order valence-corrected chi connectivity index (χ2v) is 7.75. The summed E-state index contributed by atoms with van der Waals surface area (Å²) in [7, 11) is 0. The Bertz CT molecular complexity index is 1170. The molecule has 0 fully saturated rings. The predicted octanol–water partition coefficient (Wildman–Crippen LogP) is 4.91. The van der Waals surface area contributed by atoms with E-state index in [2.05, 4.69) is 34.7 Å². The van der Waals surface area contributed by atoms with Crippen LogP contribution in [0.5, 0.6) is 5.75 Å². The summed E-state index contributed by atoms with van der Waals surface area (Å²) >= 11 is 0. The van der Waals surface area contributed by atoms with Crippen LogP contribution in [-0.2, 0) is 17.9 Å². The Morgan fingerprint density at radius 3 is 2.19 bits per heavy atom. The summed E-state index contributed by atoms with van der Waals surface area (Å²) in [6, 6.07) is 28.1. The van der Waals surface area contributed by atoms with E-state index in [1.165, 1.54) is 5.56 Å². The highest BCUT2D eigenvalue weighted by molar-refractivity contribution is 5.77. The van der Waals surface area contributed by atoms with Gasteiger partial charge in [0, 0.05) is 17.8 Å². The first-order valence-electron chi connectivity index (χ1n) is 10.7. The Balaban J connectivity index is 1.30. The Labute approximate surface area is 188 Å². The number of nitrogens with zero attached hydrogens (tertiary/aromatic N) is 2. The standard InChI is InChI=1S/C27H27N3O2/c1-20-26(21(2)30(29-20)18-22-9-5-3-6-10-22)17-28-27(31)19-32-25-15-13-24(14-16-25)23-11-7-4-8-12-23/h3-16H,17-19H2,1-2H3,(H,28,31). The molecule has 5 nitrogen and oxygen atoms in total. The SMILES string of the molecule is Cc1nn(Cc2ccccc2)c(C)c1CNC(=O)COc1ccc(-c2ccccc2)cc1. The number of rotatable bonds is 8. The van der Waals surface area contributed by atoms with Crippen molar-refractivity contribution in [3.05, 3.63) is 107 Å². The van der Waals surface area contributed by atoms with Gasteiger partial charge in [0.25, 0.3) is 5.91 Å². The van der Waals surface area contributed by atoms with Crippen LogP contribution in [0.25, 0.3) is 11.1 Å². The third kappa shape index (κ3) is 5.24. The van der Waals surface area contributed by atoms with Gasteiger partial charge in [0.05, 0.1) is 12.2 Å². The van der Waals surface area contributed by atoms with Crippen molar-refractivity contribution in [3.63, 3.8) is 0 Å². The molecule has 4 rings (SSSR count). The highest BCUT2D eigenvalue weighted by atomic mass is 16.5. The van der Waals surface area contributed by atoms with E-state index in [0.29, 0.717) is 18.8 Å². The zero-order valence-corrected chi connectivity index (χ0v) is 18.4. The number of ether oxygens (including phenoxy) is 1. The molecule has 5 heteroatoms. The maximum atomic E-state index is 12.3. The molecule has 3 aromatic carbocycles. The number of carbonyl (C=O) groups excluding carboxylic acids is 1. The highest BCUT2D eigenvalue weighted by Gasteiger charge is 2.13. The van der Waals surface area contributed by atoms with E-state index in [1.54, 1.807) is 0 Å². The van der Waals surface area contributed by atoms with Gasteiger partial charge >= 0.3 is 0 Å². The van der Waals surface area contributed by atoms with Gasteiger partial charge in [-0.15, -0.1) is 0 Å². The minimum Gasteiger partial charge on any atom is -0.484 e. The van der Waals surface area contributed by atoms with E-state index < -0.39 is 0 Å². The van der Waals surface area contributed by atoms with Crippen molar-refractivity contribution in [2.24, 2.45) is 0 Å². The summed E-state index contributed by atoms with van der Waals surface area (Å²) in [4.78, 5) is 12.3. The van der Waals surface area contributed by atoms with Crippen LogP contribution in [0.1, 0.15) is 22.5 Å². The maximum absolute atomic E-state index is 12.3. The first kappa shape index (κ1) is 21.4. The number of carbonyl (C=O) groups is 1. The Kier molecular flexibility index (Phi) is 6.66. The van der Waals surface area contributed by atoms with Crippen LogP contribution in [0, 0.1) is 13.8 Å². The van der Waals surface area contributed by atoms with Crippen LogP contribution < -0.4 is 10.1 Å². The van der Waals surface area contributed by atoms with Crippen molar-refractivity contribution in [1.29, 1.82) is 0 Å². The van der Waals surface area contributed by atoms with Crippen molar-refractivity contribution in [2.75, 3.05) is 6.61 Å². The molecule has 0 saturated heterocycles. The largest absolute Gasteiger partial charge is 0.484 e. The van der Waals surface area contributed by atoms with Gasteiger partial charge in [0.2, 0.25) is 0 Å². The molecular weight excluding hydrogens is 398 g/mol. The average molecular weight is 426 g/mol. The lowest BCUT2D eigenvalue weighted by Gasteiger charge is -2.09. The third-order valence-corrected chi connectivity index (χ3v) is 5.50. The third-order valence-electron chi connectivity index (χ3n) is 5.50. The Morgan fingerprint density at radius 2 is 1.50 bits per heavy atom. The lowest BCUT2D eigenvalue weighted by atomic mass is 10.1. The molecule has 0 aliphatic carbocycles. The number of aryl methyl sites for hydroxylation is 1. The lowest BCUT2D eigenvalue weighted by molar-refractivity contribution is -0.123. The van der Waals surface area contributed by atoms with Crippen LogP contribution in [0.4, 0.5) is 0 Å². The maximum Gasteiger partial charge on any atom is 0.258 e. The van der Waals surface area contributed by atoms with Crippen LogP contribution >= 0.6 is 0 Å². The van der Waals surface area contributed by atoms with E-state index in [0.717, 1.165) is 28.1 Å². The smallest absolute Gasteiger partial charge is 0.258 e. The van der Waals surface area contributed by atoms with Gasteiger partial charge in [-0.25, -0.2) is 0 Å². The van der Waals surface area contributed by atoms with E-state index in [-0.39, 0.29) is 12.5 Å². The van der Waals surface area contributed by atoms with Crippen molar-refractivity contribution in [1.82, 2.24) is 15.1 Å². The summed E-state index contributed by atoms with van der Waals surface area (Å²) in [6.07, 6.45) is 0. The Morgan fingerprint density at radius 1 is 0.875 bits per heavy atom. The van der Waals surface area contributed by atoms with Gasteiger partial charge in [-0.05, 0) is 42.7 Å². The number of aromatic nitrogens is 2. The van der Waals surface area contributed by atoms with Crippen LogP contribution in [-0.4, -0.2) is 22.3 Å². The molecule has 32 heavy (non-hydrogen) atoms. The zero-order chi connectivity index (χ0) is 22.3. The highest BCUT2D eigenvalue weighted by Crippen LogP contribution is 2.22. The zero-order valence-electron chi connectivity index (χ0n) is 18.4. The second-order valence-electron chi connectivity index (χ2n) is 7.75. The molecule has 0 unspecified atom stereocenters. The molecule has 4 aromatic rings. The minimum absolute atomic E-state index is 0.0269. The van der Waals surface area contributed by atoms with Crippen LogP contribution in [0.15, 0.2) is 84.9 Å². The van der Waals surface area contributed by atoms with Crippen LogP contribution in [0.3, 0.4) is 0 Å². The van der Waals surface area contributed by atoms with Gasteiger partial charge < -0.3 is 10.1 Å². The molecule has 1 aromatic heterocycles. The molecule has 0 spiro atoms. The van der Waals surface area contributed by atoms with Crippen molar-refractivity contribution >= 4 is 5.91 Å². The van der Waals surface area contributed by atoms with Crippen molar-refractivity contribution in [2.45, 2.75) is 26.9 Å². The van der Waals surface area contributed by atoms with E-state index in [9.17, 15) is 4.79 Å². The molecule has 1 amide bonds. The summed E-state index contributed by atoms with van der Waals surface area (Å²) in [5.74, 6) is 0.509. The molecule has 1 N–H and O–H groups in total. The van der Waals surface area contributed by atoms with Gasteiger partial charge in [-0.3, -0.25) is 9.48 Å². The minimum atomic E-state index is -0.160.